The van der Waals surface area contributed by atoms with E-state index >= 15 is 0 Å². The first-order chi connectivity index (χ1) is 14.1. The van der Waals surface area contributed by atoms with Crippen LogP contribution in [0.2, 0.25) is 0 Å². The summed E-state index contributed by atoms with van der Waals surface area (Å²) in [6.07, 6.45) is 5.30. The van der Waals surface area contributed by atoms with Crippen LogP contribution in [0.25, 0.3) is 5.82 Å². The second-order valence-electron chi connectivity index (χ2n) is 7.31. The maximum absolute atomic E-state index is 12.1. The third-order valence-electron chi connectivity index (χ3n) is 5.26. The molecule has 0 spiro atoms. The van der Waals surface area contributed by atoms with Crippen molar-refractivity contribution in [2.24, 2.45) is 7.05 Å². The van der Waals surface area contributed by atoms with Gasteiger partial charge in [-0.05, 0) is 23.8 Å². The smallest absolute Gasteiger partial charge is 0.266 e. The maximum Gasteiger partial charge on any atom is 0.266 e. The van der Waals surface area contributed by atoms with Gasteiger partial charge >= 0.3 is 0 Å². The normalized spacial score (nSPS) is 15.6. The minimum atomic E-state index is -0.106. The average Bonchev–Trinajstić information content (AvgIpc) is 3.26. The van der Waals surface area contributed by atoms with Crippen LogP contribution in [0, 0.1) is 0 Å². The molecule has 1 fully saturated rings. The van der Waals surface area contributed by atoms with Crippen molar-refractivity contribution in [3.63, 3.8) is 0 Å². The number of piperazine rings is 1. The number of pyridine rings is 1. The Bertz CT molecular complexity index is 1060. The van der Waals surface area contributed by atoms with Crippen LogP contribution in [0.15, 0.2) is 58.5 Å². The largest absolute Gasteiger partial charge is 0.319 e. The number of nitrogens with zero attached hydrogens (tertiary/aromatic N) is 7. The average molecular weight is 395 g/mol. The first-order valence-electron chi connectivity index (χ1n) is 9.77. The van der Waals surface area contributed by atoms with Crippen molar-refractivity contribution in [2.45, 2.75) is 13.1 Å². The number of hydrogen-bond donors (Lipinski definition) is 0. The van der Waals surface area contributed by atoms with Crippen LogP contribution >= 0.6 is 0 Å². The number of aryl methyl sites for hydroxylation is 1. The van der Waals surface area contributed by atoms with Crippen LogP contribution in [0.1, 0.15) is 5.56 Å². The Morgan fingerprint density at radius 3 is 2.45 bits per heavy atom. The molecule has 9 nitrogen and oxygen atoms in total. The third kappa shape index (κ3) is 4.69. The van der Waals surface area contributed by atoms with Crippen LogP contribution in [0.5, 0.6) is 0 Å². The minimum absolute atomic E-state index is 0.0245. The molecule has 0 amide bonds. The molecule has 0 aliphatic carbocycles. The van der Waals surface area contributed by atoms with Crippen molar-refractivity contribution < 1.29 is 0 Å². The molecule has 3 aromatic heterocycles. The molecular weight excluding hydrogens is 370 g/mol. The molecule has 1 aliphatic heterocycles. The molecule has 152 valence electrons. The van der Waals surface area contributed by atoms with Crippen molar-refractivity contribution in [3.8, 4) is 5.82 Å². The second-order valence-corrected chi connectivity index (χ2v) is 7.31. The SMILES string of the molecule is Cn1ccc(CN2CCN(CCn3nc(-n4cccn4)ccc3=O)CC2)cc1=O. The molecule has 0 N–H and O–H groups in total. The fraction of sp³-hybridized carbons (Fsp3) is 0.400. The molecule has 29 heavy (non-hydrogen) atoms. The van der Waals surface area contributed by atoms with E-state index in [0.29, 0.717) is 12.4 Å². The predicted molar refractivity (Wildman–Crippen MR) is 109 cm³/mol. The highest BCUT2D eigenvalue weighted by Gasteiger charge is 2.17. The number of rotatable bonds is 6. The molecule has 3 aromatic rings. The molecule has 1 saturated heterocycles. The summed E-state index contributed by atoms with van der Waals surface area (Å²) in [6, 6.07) is 8.74. The molecule has 4 rings (SSSR count). The molecule has 0 radical (unpaired) electrons. The summed E-state index contributed by atoms with van der Waals surface area (Å²) in [4.78, 5) is 28.6. The Morgan fingerprint density at radius 1 is 0.931 bits per heavy atom. The molecule has 0 aromatic carbocycles. The highest BCUT2D eigenvalue weighted by molar-refractivity contribution is 5.17. The van der Waals surface area contributed by atoms with E-state index in [1.54, 1.807) is 40.8 Å². The van der Waals surface area contributed by atoms with Gasteiger partial charge in [-0.1, -0.05) is 0 Å². The van der Waals surface area contributed by atoms with Gasteiger partial charge in [0, 0.05) is 77.0 Å². The Morgan fingerprint density at radius 2 is 1.72 bits per heavy atom. The molecule has 1 aliphatic rings. The van der Waals surface area contributed by atoms with Crippen molar-refractivity contribution in [1.29, 1.82) is 0 Å². The molecule has 0 unspecified atom stereocenters. The topological polar surface area (TPSA) is 81.2 Å². The standard InChI is InChI=1S/C20H25N7O2/c1-23-8-5-17(15-20(23)29)16-25-11-9-24(10-12-25)13-14-27-19(28)4-3-18(22-27)26-7-2-6-21-26/h2-8,15H,9-14,16H2,1H3. The van der Waals surface area contributed by atoms with Crippen LogP contribution in [-0.2, 0) is 20.1 Å². The number of aromatic nitrogens is 5. The van der Waals surface area contributed by atoms with Gasteiger partial charge in [0.05, 0.1) is 6.54 Å². The minimum Gasteiger partial charge on any atom is -0.319 e. The molecule has 9 heteroatoms. The zero-order valence-corrected chi connectivity index (χ0v) is 16.5. The lowest BCUT2D eigenvalue weighted by Crippen LogP contribution is -2.47. The monoisotopic (exact) mass is 395 g/mol. The Labute approximate surface area is 168 Å². The maximum atomic E-state index is 12.1. The van der Waals surface area contributed by atoms with Crippen molar-refractivity contribution in [3.05, 3.63) is 75.2 Å². The van der Waals surface area contributed by atoms with E-state index in [0.717, 1.165) is 44.8 Å². The number of hydrogen-bond acceptors (Lipinski definition) is 6. The lowest BCUT2D eigenvalue weighted by molar-refractivity contribution is 0.122. The van der Waals surface area contributed by atoms with Gasteiger partial charge in [-0.2, -0.15) is 5.10 Å². The first-order valence-corrected chi connectivity index (χ1v) is 9.77. The van der Waals surface area contributed by atoms with Crippen molar-refractivity contribution in [1.82, 2.24) is 33.9 Å². The van der Waals surface area contributed by atoms with E-state index in [1.165, 1.54) is 10.7 Å². The summed E-state index contributed by atoms with van der Waals surface area (Å²) in [5, 5.41) is 8.58. The summed E-state index contributed by atoms with van der Waals surface area (Å²) < 4.78 is 4.73. The zero-order valence-electron chi connectivity index (χ0n) is 16.5. The highest BCUT2D eigenvalue weighted by atomic mass is 16.1. The molecule has 0 atom stereocenters. The molecule has 4 heterocycles. The van der Waals surface area contributed by atoms with Gasteiger partial charge in [-0.25, -0.2) is 9.36 Å². The first kappa shape index (κ1) is 19.3. The fourth-order valence-electron chi connectivity index (χ4n) is 3.48. The van der Waals surface area contributed by atoms with E-state index < -0.39 is 0 Å². The van der Waals surface area contributed by atoms with Gasteiger partial charge in [-0.3, -0.25) is 19.4 Å². The zero-order chi connectivity index (χ0) is 20.2. The van der Waals surface area contributed by atoms with Gasteiger partial charge in [0.2, 0.25) is 0 Å². The van der Waals surface area contributed by atoms with E-state index in [4.69, 9.17) is 0 Å². The van der Waals surface area contributed by atoms with Crippen LogP contribution in [0.3, 0.4) is 0 Å². The predicted octanol–water partition coefficient (Wildman–Crippen LogP) is -0.0545. The van der Waals surface area contributed by atoms with Crippen LogP contribution in [0.4, 0.5) is 0 Å². The summed E-state index contributed by atoms with van der Waals surface area (Å²) >= 11 is 0. The summed E-state index contributed by atoms with van der Waals surface area (Å²) in [7, 11) is 1.76. The van der Waals surface area contributed by atoms with E-state index in [9.17, 15) is 9.59 Å². The summed E-state index contributed by atoms with van der Waals surface area (Å²) in [5.74, 6) is 0.633. The summed E-state index contributed by atoms with van der Waals surface area (Å²) in [6.45, 7) is 5.83. The Balaban J connectivity index is 1.30. The van der Waals surface area contributed by atoms with Crippen LogP contribution < -0.4 is 11.1 Å². The third-order valence-corrected chi connectivity index (χ3v) is 5.26. The van der Waals surface area contributed by atoms with Crippen molar-refractivity contribution in [2.75, 3.05) is 32.7 Å². The lowest BCUT2D eigenvalue weighted by Gasteiger charge is -2.34. The Kier molecular flexibility index (Phi) is 5.68. The van der Waals surface area contributed by atoms with Crippen LogP contribution in [-0.4, -0.2) is 66.7 Å². The van der Waals surface area contributed by atoms with E-state index in [1.807, 2.05) is 18.3 Å². The molecular formula is C20H25N7O2. The van der Waals surface area contributed by atoms with Crippen molar-refractivity contribution >= 4 is 0 Å². The van der Waals surface area contributed by atoms with Gasteiger partial charge in [-0.15, -0.1) is 5.10 Å². The van der Waals surface area contributed by atoms with Gasteiger partial charge in [0.15, 0.2) is 5.82 Å². The van der Waals surface area contributed by atoms with Gasteiger partial charge in [0.25, 0.3) is 11.1 Å². The summed E-state index contributed by atoms with van der Waals surface area (Å²) in [5.41, 5.74) is 0.967. The van der Waals surface area contributed by atoms with E-state index in [-0.39, 0.29) is 11.1 Å². The molecule has 0 bridgehead atoms. The highest BCUT2D eigenvalue weighted by Crippen LogP contribution is 2.07. The second kappa shape index (κ2) is 8.54. The van der Waals surface area contributed by atoms with Gasteiger partial charge < -0.3 is 4.57 Å². The lowest BCUT2D eigenvalue weighted by atomic mass is 10.2. The van der Waals surface area contributed by atoms with Gasteiger partial charge in [0.1, 0.15) is 0 Å². The quantitative estimate of drug-likeness (QED) is 0.582. The Hall–Kier alpha value is -3.04. The van der Waals surface area contributed by atoms with E-state index in [2.05, 4.69) is 20.0 Å². The molecule has 0 saturated carbocycles. The fourth-order valence-corrected chi connectivity index (χ4v) is 3.48.